The number of nitrogens with one attached hydrogen (secondary N) is 1. The number of hydrogen-bond donors (Lipinski definition) is 1. The van der Waals surface area contributed by atoms with Gasteiger partial charge in [0.1, 0.15) is 0 Å². The topological polar surface area (TPSA) is 63.2 Å². The fraction of sp³-hybridized carbons (Fsp3) is 0.133. The molecule has 0 radical (unpaired) electrons. The van der Waals surface area contributed by atoms with E-state index in [-0.39, 0.29) is 16.8 Å². The molecule has 1 amide bonds. The molecule has 4 nitrogen and oxygen atoms in total. The fourth-order valence-corrected chi connectivity index (χ4v) is 2.64. The van der Waals surface area contributed by atoms with Crippen LogP contribution in [0.25, 0.3) is 0 Å². The standard InChI is InChI=1S/C15H14ClNO3S/c1-11(12-5-3-2-4-6-12)17-15(18)13-7-9-14(10-8-13)21(16,19)20/h2-11H,1H3,(H,17,18). The number of halogens is 1. The fourth-order valence-electron chi connectivity index (χ4n) is 1.87. The van der Waals surface area contributed by atoms with Gasteiger partial charge in [-0.2, -0.15) is 0 Å². The van der Waals surface area contributed by atoms with Crippen molar-refractivity contribution in [2.75, 3.05) is 0 Å². The molecule has 0 fully saturated rings. The van der Waals surface area contributed by atoms with Crippen LogP contribution in [0.4, 0.5) is 0 Å². The molecule has 0 aliphatic carbocycles. The van der Waals surface area contributed by atoms with Gasteiger partial charge < -0.3 is 5.32 Å². The SMILES string of the molecule is CC(NC(=O)c1ccc(S(=O)(=O)Cl)cc1)c1ccccc1. The van der Waals surface area contributed by atoms with Crippen LogP contribution in [0.15, 0.2) is 59.5 Å². The van der Waals surface area contributed by atoms with Crippen molar-refractivity contribution >= 4 is 25.6 Å². The second kappa shape index (κ2) is 6.28. The van der Waals surface area contributed by atoms with Crippen LogP contribution in [0.5, 0.6) is 0 Å². The summed E-state index contributed by atoms with van der Waals surface area (Å²) in [6, 6.07) is 14.9. The third-order valence-corrected chi connectivity index (χ3v) is 4.41. The molecule has 1 unspecified atom stereocenters. The number of carbonyl (C=O) groups is 1. The number of carbonyl (C=O) groups excluding carboxylic acids is 1. The van der Waals surface area contributed by atoms with E-state index in [9.17, 15) is 13.2 Å². The Labute approximate surface area is 128 Å². The van der Waals surface area contributed by atoms with Gasteiger partial charge in [0.25, 0.3) is 15.0 Å². The highest BCUT2D eigenvalue weighted by molar-refractivity contribution is 8.13. The molecule has 0 heterocycles. The molecule has 0 aromatic heterocycles. The van der Waals surface area contributed by atoms with Crippen molar-refractivity contribution in [3.63, 3.8) is 0 Å². The predicted octanol–water partition coefficient (Wildman–Crippen LogP) is 3.11. The van der Waals surface area contributed by atoms with Crippen molar-refractivity contribution in [3.8, 4) is 0 Å². The zero-order valence-electron chi connectivity index (χ0n) is 11.3. The normalized spacial score (nSPS) is 12.7. The van der Waals surface area contributed by atoms with Crippen molar-refractivity contribution in [3.05, 3.63) is 65.7 Å². The number of amides is 1. The average Bonchev–Trinajstić information content (AvgIpc) is 2.47. The lowest BCUT2D eigenvalue weighted by Gasteiger charge is -2.14. The molecule has 1 N–H and O–H groups in total. The molecule has 0 saturated heterocycles. The van der Waals surface area contributed by atoms with Gasteiger partial charge in [0, 0.05) is 16.2 Å². The summed E-state index contributed by atoms with van der Waals surface area (Å²) >= 11 is 0. The first-order valence-corrected chi connectivity index (χ1v) is 8.59. The second-order valence-electron chi connectivity index (χ2n) is 4.57. The molecule has 0 bridgehead atoms. The van der Waals surface area contributed by atoms with E-state index in [0.29, 0.717) is 5.56 Å². The van der Waals surface area contributed by atoms with Gasteiger partial charge in [0.2, 0.25) is 0 Å². The second-order valence-corrected chi connectivity index (χ2v) is 7.13. The quantitative estimate of drug-likeness (QED) is 0.879. The van der Waals surface area contributed by atoms with E-state index in [1.165, 1.54) is 24.3 Å². The molecular weight excluding hydrogens is 310 g/mol. The Morgan fingerprint density at radius 3 is 2.14 bits per heavy atom. The molecule has 0 aliphatic rings. The van der Waals surface area contributed by atoms with Crippen LogP contribution in [0.3, 0.4) is 0 Å². The van der Waals surface area contributed by atoms with Gasteiger partial charge >= 0.3 is 0 Å². The molecule has 0 saturated carbocycles. The van der Waals surface area contributed by atoms with E-state index in [4.69, 9.17) is 10.7 Å². The molecule has 6 heteroatoms. The molecule has 110 valence electrons. The summed E-state index contributed by atoms with van der Waals surface area (Å²) in [5, 5.41) is 2.85. The smallest absolute Gasteiger partial charge is 0.261 e. The Hall–Kier alpha value is -1.85. The number of rotatable bonds is 4. The molecule has 2 aromatic carbocycles. The van der Waals surface area contributed by atoms with Gasteiger partial charge in [0.05, 0.1) is 10.9 Å². The van der Waals surface area contributed by atoms with Crippen LogP contribution in [-0.4, -0.2) is 14.3 Å². The minimum atomic E-state index is -3.77. The van der Waals surface area contributed by atoms with E-state index in [1.807, 2.05) is 37.3 Å². The van der Waals surface area contributed by atoms with E-state index in [2.05, 4.69) is 5.32 Å². The van der Waals surface area contributed by atoms with E-state index >= 15 is 0 Å². The van der Waals surface area contributed by atoms with Crippen LogP contribution >= 0.6 is 10.7 Å². The zero-order valence-corrected chi connectivity index (χ0v) is 12.9. The minimum absolute atomic E-state index is 0.0307. The summed E-state index contributed by atoms with van der Waals surface area (Å²) in [4.78, 5) is 12.1. The van der Waals surface area contributed by atoms with Crippen molar-refractivity contribution in [2.24, 2.45) is 0 Å². The van der Waals surface area contributed by atoms with Crippen LogP contribution in [0.2, 0.25) is 0 Å². The molecule has 1 atom stereocenters. The zero-order chi connectivity index (χ0) is 15.5. The predicted molar refractivity (Wildman–Crippen MR) is 81.8 cm³/mol. The van der Waals surface area contributed by atoms with Crippen molar-refractivity contribution in [2.45, 2.75) is 17.9 Å². The maximum atomic E-state index is 12.1. The van der Waals surface area contributed by atoms with Gasteiger partial charge in [0.15, 0.2) is 0 Å². The first kappa shape index (κ1) is 15.5. The molecule has 2 rings (SSSR count). The van der Waals surface area contributed by atoms with Gasteiger partial charge in [-0.15, -0.1) is 0 Å². The number of hydrogen-bond acceptors (Lipinski definition) is 3. The highest BCUT2D eigenvalue weighted by Crippen LogP contribution is 2.16. The first-order chi connectivity index (χ1) is 9.88. The van der Waals surface area contributed by atoms with Gasteiger partial charge in [-0.3, -0.25) is 4.79 Å². The van der Waals surface area contributed by atoms with Gasteiger partial charge in [-0.25, -0.2) is 8.42 Å². The molecule has 0 aliphatic heterocycles. The minimum Gasteiger partial charge on any atom is -0.346 e. The first-order valence-electron chi connectivity index (χ1n) is 6.28. The van der Waals surface area contributed by atoms with Crippen molar-refractivity contribution in [1.82, 2.24) is 5.32 Å². The highest BCUT2D eigenvalue weighted by Gasteiger charge is 2.13. The lowest BCUT2D eigenvalue weighted by molar-refractivity contribution is 0.0940. The van der Waals surface area contributed by atoms with E-state index in [1.54, 1.807) is 0 Å². The largest absolute Gasteiger partial charge is 0.346 e. The lowest BCUT2D eigenvalue weighted by Crippen LogP contribution is -2.26. The van der Waals surface area contributed by atoms with E-state index in [0.717, 1.165) is 5.56 Å². The van der Waals surface area contributed by atoms with Gasteiger partial charge in [-0.1, -0.05) is 30.3 Å². The summed E-state index contributed by atoms with van der Waals surface area (Å²) in [7, 11) is 1.46. The Morgan fingerprint density at radius 1 is 1.05 bits per heavy atom. The Bertz CT molecular complexity index is 727. The Morgan fingerprint density at radius 2 is 1.62 bits per heavy atom. The van der Waals surface area contributed by atoms with Crippen LogP contribution in [0.1, 0.15) is 28.9 Å². The summed E-state index contributed by atoms with van der Waals surface area (Å²) in [5.74, 6) is -0.273. The average molecular weight is 324 g/mol. The maximum Gasteiger partial charge on any atom is 0.261 e. The third kappa shape index (κ3) is 4.06. The van der Waals surface area contributed by atoms with Crippen LogP contribution in [0, 0.1) is 0 Å². The molecule has 21 heavy (non-hydrogen) atoms. The Kier molecular flexibility index (Phi) is 4.65. The van der Waals surface area contributed by atoms with Crippen molar-refractivity contribution in [1.29, 1.82) is 0 Å². The van der Waals surface area contributed by atoms with Crippen LogP contribution in [-0.2, 0) is 9.05 Å². The maximum absolute atomic E-state index is 12.1. The summed E-state index contributed by atoms with van der Waals surface area (Å²) in [6.07, 6.45) is 0. The summed E-state index contributed by atoms with van der Waals surface area (Å²) in [6.45, 7) is 1.88. The summed E-state index contributed by atoms with van der Waals surface area (Å²) in [5.41, 5.74) is 1.37. The highest BCUT2D eigenvalue weighted by atomic mass is 35.7. The molecular formula is C15H14ClNO3S. The third-order valence-electron chi connectivity index (χ3n) is 3.05. The Balaban J connectivity index is 2.11. The van der Waals surface area contributed by atoms with E-state index < -0.39 is 9.05 Å². The monoisotopic (exact) mass is 323 g/mol. The molecule has 2 aromatic rings. The molecule has 0 spiro atoms. The lowest BCUT2D eigenvalue weighted by atomic mass is 10.1. The summed E-state index contributed by atoms with van der Waals surface area (Å²) < 4.78 is 22.3. The number of benzene rings is 2. The van der Waals surface area contributed by atoms with Crippen molar-refractivity contribution < 1.29 is 13.2 Å². The van der Waals surface area contributed by atoms with Crippen LogP contribution < -0.4 is 5.32 Å². The van der Waals surface area contributed by atoms with Gasteiger partial charge in [-0.05, 0) is 36.8 Å².